The van der Waals surface area contributed by atoms with Crippen molar-refractivity contribution >= 4 is 17.7 Å². The first-order valence-corrected chi connectivity index (χ1v) is 16.0. The molecule has 0 aromatic heterocycles. The Morgan fingerprint density at radius 1 is 1.00 bits per heavy atom. The molecule has 5 fully saturated rings. The summed E-state index contributed by atoms with van der Waals surface area (Å²) in [7, 11) is 4.35. The molecule has 1 aromatic rings. The van der Waals surface area contributed by atoms with Crippen LogP contribution in [0.4, 0.5) is 0 Å². The molecule has 1 aromatic carbocycles. The Morgan fingerprint density at radius 2 is 1.68 bits per heavy atom. The van der Waals surface area contributed by atoms with E-state index >= 15 is 0 Å². The highest BCUT2D eigenvalue weighted by Gasteiger charge is 2.85. The van der Waals surface area contributed by atoms with Crippen LogP contribution < -0.4 is 5.32 Å². The second kappa shape index (κ2) is 9.39. The van der Waals surface area contributed by atoms with Gasteiger partial charge < -0.3 is 15.0 Å². The van der Waals surface area contributed by atoms with Gasteiger partial charge in [0, 0.05) is 41.8 Å². The van der Waals surface area contributed by atoms with Gasteiger partial charge in [0.2, 0.25) is 0 Å². The Hall–Kier alpha value is -2.21. The van der Waals surface area contributed by atoms with Gasteiger partial charge in [-0.3, -0.25) is 14.4 Å². The van der Waals surface area contributed by atoms with Crippen molar-refractivity contribution in [2.45, 2.75) is 98.1 Å². The number of fused-ring (bicyclic) bond motifs is 2. The highest BCUT2D eigenvalue weighted by Crippen LogP contribution is 2.88. The minimum Gasteiger partial charge on any atom is -0.465 e. The molecule has 1 N–H and O–H groups in total. The summed E-state index contributed by atoms with van der Waals surface area (Å²) in [4.78, 5) is 42.4. The molecule has 41 heavy (non-hydrogen) atoms. The first-order valence-electron chi connectivity index (χ1n) is 16.0. The molecular weight excluding hydrogens is 512 g/mol. The van der Waals surface area contributed by atoms with Crippen LogP contribution in [-0.4, -0.2) is 55.3 Å². The van der Waals surface area contributed by atoms with E-state index in [1.54, 1.807) is 0 Å². The summed E-state index contributed by atoms with van der Waals surface area (Å²) in [6.07, 6.45) is 7.89. The number of ketones is 1. The maximum Gasteiger partial charge on any atom is 0.302 e. The van der Waals surface area contributed by atoms with E-state index in [0.29, 0.717) is 35.6 Å². The zero-order valence-electron chi connectivity index (χ0n) is 26.2. The summed E-state index contributed by atoms with van der Waals surface area (Å²) in [5.41, 5.74) is 0.0730. The third-order valence-corrected chi connectivity index (χ3v) is 14.1. The van der Waals surface area contributed by atoms with E-state index in [-0.39, 0.29) is 52.1 Å². The number of carbonyl (C=O) groups excluding carboxylic acids is 3. The van der Waals surface area contributed by atoms with Crippen molar-refractivity contribution < 1.29 is 19.1 Å². The lowest BCUT2D eigenvalue weighted by Gasteiger charge is -2.63. The summed E-state index contributed by atoms with van der Waals surface area (Å²) in [5, 5.41) is 3.36. The molecule has 224 valence electrons. The highest BCUT2D eigenvalue weighted by molar-refractivity contribution is 5.94. The molecule has 6 rings (SSSR count). The lowest BCUT2D eigenvalue weighted by Crippen LogP contribution is -2.64. The van der Waals surface area contributed by atoms with E-state index in [1.807, 2.05) is 30.3 Å². The number of benzene rings is 1. The minimum absolute atomic E-state index is 0.0161. The number of ether oxygens (including phenoxy) is 1. The van der Waals surface area contributed by atoms with E-state index in [4.69, 9.17) is 4.74 Å². The number of carbonyl (C=O) groups is 3. The lowest BCUT2D eigenvalue weighted by atomic mass is 9.41. The number of nitrogens with one attached hydrogen (secondary N) is 1. The van der Waals surface area contributed by atoms with Gasteiger partial charge in [-0.1, -0.05) is 39.0 Å². The Morgan fingerprint density at radius 3 is 2.34 bits per heavy atom. The fourth-order valence-corrected chi connectivity index (χ4v) is 11.6. The number of hydrogen-bond acceptors (Lipinski definition) is 5. The van der Waals surface area contributed by atoms with Gasteiger partial charge in [-0.05, 0) is 112 Å². The SMILES string of the molecule is CC(=O)OC[C@]1(C)[C@H](NC(=O)c2ccccc2)CC[C@]23C[C@]24C(=O)C[C@]2(C)[C@@H]([C@H](C)N(C)C)CC[C@@]2(C)[C@@H]4CC[C@@H]13. The summed E-state index contributed by atoms with van der Waals surface area (Å²) >= 11 is 0. The lowest BCUT2D eigenvalue weighted by molar-refractivity contribution is -0.176. The quantitative estimate of drug-likeness (QED) is 0.437. The highest BCUT2D eigenvalue weighted by atomic mass is 16.5. The second-order valence-electron chi connectivity index (χ2n) is 15.5. The molecule has 0 unspecified atom stereocenters. The minimum atomic E-state index is -0.428. The summed E-state index contributed by atoms with van der Waals surface area (Å²) in [6.45, 7) is 11.3. The number of amides is 1. The Labute approximate surface area is 246 Å². The van der Waals surface area contributed by atoms with Crippen molar-refractivity contribution in [3.05, 3.63) is 35.9 Å². The monoisotopic (exact) mass is 562 g/mol. The zero-order chi connectivity index (χ0) is 29.6. The van der Waals surface area contributed by atoms with E-state index in [9.17, 15) is 14.4 Å². The van der Waals surface area contributed by atoms with Crippen LogP contribution >= 0.6 is 0 Å². The first-order chi connectivity index (χ1) is 19.3. The van der Waals surface area contributed by atoms with Crippen molar-refractivity contribution in [1.29, 1.82) is 0 Å². The van der Waals surface area contributed by atoms with E-state index in [0.717, 1.165) is 32.1 Å². The maximum absolute atomic E-state index is 14.6. The van der Waals surface area contributed by atoms with Crippen molar-refractivity contribution in [2.24, 2.45) is 44.8 Å². The molecule has 6 heteroatoms. The molecule has 2 spiro atoms. The van der Waals surface area contributed by atoms with Crippen LogP contribution in [0.25, 0.3) is 0 Å². The average Bonchev–Trinajstić information content (AvgIpc) is 3.55. The Balaban J connectivity index is 1.34. The molecule has 0 bridgehead atoms. The van der Waals surface area contributed by atoms with Crippen molar-refractivity contribution in [2.75, 3.05) is 20.7 Å². The van der Waals surface area contributed by atoms with E-state index < -0.39 is 5.41 Å². The van der Waals surface area contributed by atoms with Crippen molar-refractivity contribution in [1.82, 2.24) is 10.2 Å². The largest absolute Gasteiger partial charge is 0.465 e. The van der Waals surface area contributed by atoms with Gasteiger partial charge in [0.15, 0.2) is 0 Å². The normalized spacial score (nSPS) is 45.1. The standard InChI is InChI=1S/C35H50N2O4/c1-22(37(6)7)25-15-17-32(4)27-14-13-26-31(3,21-41-23(2)38)28(36-30(40)24-11-9-8-10-12-24)16-18-34(26)20-35(27,34)29(39)19-33(25,32)5/h8-12,22,25-28H,13-21H2,1-7H3,(H,36,40)/t22-,25+,26-,27-,28+,31-,32-,33+,34+,35-/m0/s1. The number of esters is 1. The second-order valence-corrected chi connectivity index (χ2v) is 15.5. The van der Waals surface area contributed by atoms with Crippen LogP contribution in [0.1, 0.15) is 96.3 Å². The third-order valence-electron chi connectivity index (χ3n) is 14.1. The molecule has 5 aliphatic rings. The van der Waals surface area contributed by atoms with Crippen LogP contribution in [0.3, 0.4) is 0 Å². The predicted molar refractivity (Wildman–Crippen MR) is 159 cm³/mol. The van der Waals surface area contributed by atoms with Gasteiger partial charge >= 0.3 is 5.97 Å². The molecule has 5 saturated carbocycles. The average molecular weight is 563 g/mol. The van der Waals surface area contributed by atoms with E-state index in [2.05, 4.69) is 52.0 Å². The number of nitrogens with zero attached hydrogens (tertiary/aromatic N) is 1. The molecular formula is C35H50N2O4. The molecule has 0 aliphatic heterocycles. The van der Waals surface area contributed by atoms with Gasteiger partial charge in [-0.2, -0.15) is 0 Å². The van der Waals surface area contributed by atoms with Gasteiger partial charge in [0.25, 0.3) is 5.91 Å². The third kappa shape index (κ3) is 3.74. The maximum atomic E-state index is 14.6. The first kappa shape index (κ1) is 28.9. The molecule has 1 amide bonds. The summed E-state index contributed by atoms with van der Waals surface area (Å²) < 4.78 is 5.76. The summed E-state index contributed by atoms with van der Waals surface area (Å²) in [6, 6.07) is 9.70. The van der Waals surface area contributed by atoms with Gasteiger partial charge in [0.05, 0.1) is 6.61 Å². The van der Waals surface area contributed by atoms with Crippen LogP contribution in [-0.2, 0) is 14.3 Å². The number of hydrogen-bond donors (Lipinski definition) is 1. The van der Waals surface area contributed by atoms with Crippen molar-refractivity contribution in [3.63, 3.8) is 0 Å². The van der Waals surface area contributed by atoms with Gasteiger partial charge in [0.1, 0.15) is 5.78 Å². The van der Waals surface area contributed by atoms with Crippen LogP contribution in [0.15, 0.2) is 30.3 Å². The Bertz CT molecular complexity index is 1250. The van der Waals surface area contributed by atoms with Gasteiger partial charge in [-0.15, -0.1) is 0 Å². The molecule has 10 atom stereocenters. The fraction of sp³-hybridized carbons (Fsp3) is 0.743. The van der Waals surface area contributed by atoms with Crippen LogP contribution in [0, 0.1) is 44.8 Å². The summed E-state index contributed by atoms with van der Waals surface area (Å²) in [5.74, 6) is 1.30. The molecule has 5 aliphatic carbocycles. The zero-order valence-corrected chi connectivity index (χ0v) is 26.2. The molecule has 0 heterocycles. The van der Waals surface area contributed by atoms with Crippen LogP contribution in [0.5, 0.6) is 0 Å². The topological polar surface area (TPSA) is 75.7 Å². The number of Topliss-reactive ketones (excluding diaryl/α,β-unsaturated/α-hetero) is 1. The molecule has 0 saturated heterocycles. The Kier molecular flexibility index (Phi) is 6.62. The van der Waals surface area contributed by atoms with Crippen LogP contribution in [0.2, 0.25) is 0 Å². The number of rotatable bonds is 6. The fourth-order valence-electron chi connectivity index (χ4n) is 11.6. The van der Waals surface area contributed by atoms with E-state index in [1.165, 1.54) is 19.8 Å². The predicted octanol–water partition coefficient (Wildman–Crippen LogP) is 5.90. The smallest absolute Gasteiger partial charge is 0.302 e. The molecule has 6 nitrogen and oxygen atoms in total. The van der Waals surface area contributed by atoms with Gasteiger partial charge in [-0.25, -0.2) is 0 Å². The molecule has 0 radical (unpaired) electrons. The van der Waals surface area contributed by atoms with Crippen molar-refractivity contribution in [3.8, 4) is 0 Å².